The molecule has 0 unspecified atom stereocenters. The summed E-state index contributed by atoms with van der Waals surface area (Å²) in [5.41, 5.74) is 19.9. The van der Waals surface area contributed by atoms with Gasteiger partial charge in [-0.2, -0.15) is 5.10 Å². The van der Waals surface area contributed by atoms with Gasteiger partial charge in [-0.05, 0) is 24.3 Å². The molecule has 4 rings (SSSR count). The zero-order chi connectivity index (χ0) is 33.2. The smallest absolute Gasteiger partial charge is 0.248 e. The molecule has 0 saturated carbocycles. The molecule has 3 heterocycles. The van der Waals surface area contributed by atoms with Gasteiger partial charge in [0.05, 0.1) is 43.3 Å². The summed E-state index contributed by atoms with van der Waals surface area (Å²) in [5, 5.41) is 10.5. The molecule has 0 aliphatic carbocycles. The van der Waals surface area contributed by atoms with Crippen molar-refractivity contribution in [2.75, 3.05) is 52.0 Å². The summed E-state index contributed by atoms with van der Waals surface area (Å²) >= 11 is 0. The second kappa shape index (κ2) is 15.1. The molecule has 3 aromatic rings. The van der Waals surface area contributed by atoms with Gasteiger partial charge in [0.25, 0.3) is 0 Å². The number of carbonyl (C=O) groups excluding carboxylic acids is 2. The van der Waals surface area contributed by atoms with Gasteiger partial charge in [-0.1, -0.05) is 30.9 Å². The number of allylic oxidation sites excluding steroid dienone is 3. The standard InChI is InChI=1S/C31H39N11O4/c1-5-20(28(33)43)15-25(45-4)24-18-37-30(35-2)41(24)11-6-7-12-42-27-23(39-31(42)36-3)14-21(29(34)44)16-26(27)46-13-9-8-10-40-19-22(32)17-38-40/h5-9,14-17,19H,1,10-13,18,32H2,2-4H3,(H2,33,43)(H2,34,44)(H,35,37)(H,36,39)/b7-6+,9-8+,20-15+,25-24-. The van der Waals surface area contributed by atoms with Crippen LogP contribution in [0.15, 0.2) is 89.6 Å². The highest BCUT2D eigenvalue weighted by atomic mass is 16.5. The fourth-order valence-electron chi connectivity index (χ4n) is 4.81. The van der Waals surface area contributed by atoms with E-state index in [-0.39, 0.29) is 17.7 Å². The van der Waals surface area contributed by atoms with Crippen LogP contribution in [0.1, 0.15) is 10.4 Å². The van der Waals surface area contributed by atoms with Crippen molar-refractivity contribution in [3.05, 3.63) is 90.2 Å². The third-order valence-electron chi connectivity index (χ3n) is 7.01. The number of nitrogen functional groups attached to an aromatic ring is 1. The van der Waals surface area contributed by atoms with Crippen molar-refractivity contribution >= 4 is 40.4 Å². The Kier molecular flexibility index (Phi) is 10.8. The van der Waals surface area contributed by atoms with Crippen LogP contribution in [-0.2, 0) is 22.6 Å². The molecule has 15 nitrogen and oxygen atoms in total. The number of hydrogen-bond donors (Lipinski definition) is 5. The van der Waals surface area contributed by atoms with Crippen LogP contribution >= 0.6 is 0 Å². The number of nitrogens with one attached hydrogen (secondary N) is 2. The first kappa shape index (κ1) is 32.9. The molecule has 242 valence electrons. The molecule has 0 atom stereocenters. The predicted octanol–water partition coefficient (Wildman–Crippen LogP) is 1.49. The van der Waals surface area contributed by atoms with Crippen molar-refractivity contribution in [1.82, 2.24) is 29.5 Å². The molecule has 1 aliphatic rings. The van der Waals surface area contributed by atoms with Crippen LogP contribution < -0.4 is 32.6 Å². The van der Waals surface area contributed by atoms with E-state index in [1.807, 2.05) is 33.8 Å². The Morgan fingerprint density at radius 2 is 1.93 bits per heavy atom. The SMILES string of the molecule is C=C/C(=C\C(OC)=C1/CNC(=NC)N1C/C=C/Cn1c(NC)nc2cc(C(N)=O)cc(OC/C=C/Cn3cc(N)cn3)c21)C(N)=O. The van der Waals surface area contributed by atoms with Gasteiger partial charge in [-0.25, -0.2) is 4.98 Å². The number of nitrogens with two attached hydrogens (primary N) is 3. The van der Waals surface area contributed by atoms with Crippen LogP contribution in [-0.4, -0.2) is 82.9 Å². The maximum atomic E-state index is 12.1. The lowest BCUT2D eigenvalue weighted by Gasteiger charge is -2.19. The first-order valence-corrected chi connectivity index (χ1v) is 14.3. The van der Waals surface area contributed by atoms with E-state index in [1.54, 1.807) is 49.4 Å². The van der Waals surface area contributed by atoms with Crippen molar-refractivity contribution in [3.8, 4) is 5.75 Å². The normalized spacial score (nSPS) is 15.6. The van der Waals surface area contributed by atoms with Crippen LogP contribution in [0.3, 0.4) is 0 Å². The molecular formula is C31H39N11O4. The number of benzene rings is 1. The average molecular weight is 630 g/mol. The highest BCUT2D eigenvalue weighted by Crippen LogP contribution is 2.31. The van der Waals surface area contributed by atoms with E-state index in [2.05, 4.69) is 32.3 Å². The summed E-state index contributed by atoms with van der Waals surface area (Å²) in [5.74, 6) is 0.942. The van der Waals surface area contributed by atoms with Gasteiger partial charge >= 0.3 is 0 Å². The predicted molar refractivity (Wildman–Crippen MR) is 178 cm³/mol. The van der Waals surface area contributed by atoms with Crippen molar-refractivity contribution in [3.63, 3.8) is 0 Å². The van der Waals surface area contributed by atoms with E-state index in [0.29, 0.717) is 66.3 Å². The van der Waals surface area contributed by atoms with Gasteiger partial charge in [0.2, 0.25) is 17.8 Å². The van der Waals surface area contributed by atoms with Crippen LogP contribution in [0.4, 0.5) is 11.6 Å². The number of hydrogen-bond acceptors (Lipinski definition) is 9. The van der Waals surface area contributed by atoms with E-state index in [9.17, 15) is 9.59 Å². The van der Waals surface area contributed by atoms with Gasteiger partial charge in [0, 0.05) is 44.5 Å². The van der Waals surface area contributed by atoms with Gasteiger partial charge < -0.3 is 46.8 Å². The first-order valence-electron chi connectivity index (χ1n) is 14.3. The second-order valence-electron chi connectivity index (χ2n) is 9.95. The molecule has 1 saturated heterocycles. The van der Waals surface area contributed by atoms with Gasteiger partial charge in [0.1, 0.15) is 23.6 Å². The van der Waals surface area contributed by atoms with Crippen molar-refractivity contribution in [2.24, 2.45) is 16.5 Å². The molecule has 46 heavy (non-hydrogen) atoms. The van der Waals surface area contributed by atoms with Crippen LogP contribution in [0, 0.1) is 0 Å². The zero-order valence-electron chi connectivity index (χ0n) is 26.1. The van der Waals surface area contributed by atoms with Crippen LogP contribution in [0.5, 0.6) is 5.75 Å². The van der Waals surface area contributed by atoms with Crippen LogP contribution in [0.2, 0.25) is 0 Å². The second-order valence-corrected chi connectivity index (χ2v) is 9.95. The Balaban J connectivity index is 1.58. The summed E-state index contributed by atoms with van der Waals surface area (Å²) in [7, 11) is 4.97. The quantitative estimate of drug-likeness (QED) is 0.0709. The summed E-state index contributed by atoms with van der Waals surface area (Å²) in [4.78, 5) is 34.8. The van der Waals surface area contributed by atoms with Gasteiger partial charge in [0.15, 0.2) is 5.96 Å². The fraction of sp³-hybridized carbons (Fsp3) is 0.258. The summed E-state index contributed by atoms with van der Waals surface area (Å²) < 4.78 is 15.4. The molecule has 2 amide bonds. The van der Waals surface area contributed by atoms with Crippen molar-refractivity contribution in [1.29, 1.82) is 0 Å². The number of amides is 2. The van der Waals surface area contributed by atoms with E-state index < -0.39 is 11.8 Å². The minimum absolute atomic E-state index is 0.226. The number of anilines is 2. The number of nitrogens with zero attached hydrogens (tertiary/aromatic N) is 6. The van der Waals surface area contributed by atoms with E-state index >= 15 is 0 Å². The Bertz CT molecular complexity index is 1760. The average Bonchev–Trinajstić information content (AvgIpc) is 3.75. The minimum Gasteiger partial charge on any atom is -0.495 e. The van der Waals surface area contributed by atoms with Gasteiger partial charge in [-0.3, -0.25) is 19.3 Å². The largest absolute Gasteiger partial charge is 0.495 e. The Morgan fingerprint density at radius 3 is 2.57 bits per heavy atom. The minimum atomic E-state index is -0.609. The number of carbonyl (C=O) groups is 2. The Labute approximate surface area is 266 Å². The third-order valence-corrected chi connectivity index (χ3v) is 7.01. The van der Waals surface area contributed by atoms with Crippen molar-refractivity contribution in [2.45, 2.75) is 13.1 Å². The molecular weight excluding hydrogens is 590 g/mol. The van der Waals surface area contributed by atoms with Crippen molar-refractivity contribution < 1.29 is 19.1 Å². The molecule has 0 spiro atoms. The van der Waals surface area contributed by atoms with E-state index in [0.717, 1.165) is 5.70 Å². The number of methoxy groups -OCH3 is 1. The Hall–Kier alpha value is -5.99. The number of fused-ring (bicyclic) bond motifs is 1. The molecule has 1 fully saturated rings. The maximum absolute atomic E-state index is 12.1. The number of ether oxygens (including phenoxy) is 2. The summed E-state index contributed by atoms with van der Waals surface area (Å²) in [6.07, 6.45) is 14.0. The van der Waals surface area contributed by atoms with E-state index in [4.69, 9.17) is 26.7 Å². The third kappa shape index (κ3) is 7.56. The number of imidazole rings is 1. The lowest BCUT2D eigenvalue weighted by Crippen LogP contribution is -2.30. The van der Waals surface area contributed by atoms with Gasteiger partial charge in [-0.15, -0.1) is 0 Å². The number of primary amides is 2. The zero-order valence-corrected chi connectivity index (χ0v) is 26.1. The Morgan fingerprint density at radius 1 is 1.17 bits per heavy atom. The van der Waals surface area contributed by atoms with Crippen LogP contribution in [0.25, 0.3) is 11.0 Å². The lowest BCUT2D eigenvalue weighted by molar-refractivity contribution is -0.114. The number of aromatic nitrogens is 4. The monoisotopic (exact) mass is 629 g/mol. The maximum Gasteiger partial charge on any atom is 0.248 e. The number of guanidine groups is 1. The molecule has 1 aliphatic heterocycles. The molecule has 0 radical (unpaired) electrons. The molecule has 15 heteroatoms. The highest BCUT2D eigenvalue weighted by molar-refractivity contribution is 5.99. The lowest BCUT2D eigenvalue weighted by atomic mass is 10.1. The topological polar surface area (TPSA) is 206 Å². The molecule has 2 aromatic heterocycles. The molecule has 8 N–H and O–H groups in total. The summed E-state index contributed by atoms with van der Waals surface area (Å²) in [6.45, 7) is 5.73. The van der Waals surface area contributed by atoms with E-state index in [1.165, 1.54) is 13.2 Å². The first-order chi connectivity index (χ1) is 22.2. The summed E-state index contributed by atoms with van der Waals surface area (Å²) in [6, 6.07) is 3.26. The molecule has 1 aromatic carbocycles. The number of aliphatic imine (C=N–C) groups is 1. The highest BCUT2D eigenvalue weighted by Gasteiger charge is 2.26. The number of rotatable bonds is 15. The molecule has 0 bridgehead atoms. The fourth-order valence-corrected chi connectivity index (χ4v) is 4.81.